The Morgan fingerprint density at radius 3 is 1.69 bits per heavy atom. The summed E-state index contributed by atoms with van der Waals surface area (Å²) in [5, 5.41) is 17.4. The van der Waals surface area contributed by atoms with Gasteiger partial charge in [-0.15, -0.1) is 0 Å². The van der Waals surface area contributed by atoms with E-state index >= 15 is 0 Å². The van der Waals surface area contributed by atoms with Crippen LogP contribution in [-0.4, -0.2) is 35.3 Å². The summed E-state index contributed by atoms with van der Waals surface area (Å²) in [6.07, 6.45) is -0.365. The standard InChI is InChI=1S/C33H34N2O4/c36-31(23-29(21-25-13-5-1-6-14-25)34-32(37)28-19-11-4-12-20-28)30(22-26-15-7-2-8-16-26)35-33(38)39-24-27-17-9-3-10-18-27/h1-20,29-31,36H,21-24H2,(H,34,37)(H,35,38)/t29-,30-,31-/m0/s1. The van der Waals surface area contributed by atoms with Crippen LogP contribution >= 0.6 is 0 Å². The van der Waals surface area contributed by atoms with Gasteiger partial charge in [-0.3, -0.25) is 4.79 Å². The fraction of sp³-hybridized carbons (Fsp3) is 0.212. The van der Waals surface area contributed by atoms with E-state index in [1.54, 1.807) is 12.1 Å². The summed E-state index contributed by atoms with van der Waals surface area (Å²) >= 11 is 0. The van der Waals surface area contributed by atoms with Gasteiger partial charge in [0.1, 0.15) is 6.61 Å². The molecular formula is C33H34N2O4. The largest absolute Gasteiger partial charge is 0.445 e. The first-order chi connectivity index (χ1) is 19.1. The second-order valence-electron chi connectivity index (χ2n) is 9.53. The number of hydrogen-bond acceptors (Lipinski definition) is 4. The summed E-state index contributed by atoms with van der Waals surface area (Å²) < 4.78 is 5.44. The van der Waals surface area contributed by atoms with Gasteiger partial charge in [0, 0.05) is 11.6 Å². The molecule has 0 fully saturated rings. The SMILES string of the molecule is O=C(N[C@@H](Cc1ccccc1)[C@@H](O)C[C@H](Cc1ccccc1)NC(=O)c1ccccc1)OCc1ccccc1. The van der Waals surface area contributed by atoms with E-state index in [1.165, 1.54) is 0 Å². The third-order valence-electron chi connectivity index (χ3n) is 6.50. The molecule has 39 heavy (non-hydrogen) atoms. The second-order valence-corrected chi connectivity index (χ2v) is 9.53. The molecule has 0 aliphatic rings. The van der Waals surface area contributed by atoms with E-state index in [1.807, 2.05) is 109 Å². The normalized spacial score (nSPS) is 13.1. The Balaban J connectivity index is 1.47. The van der Waals surface area contributed by atoms with Crippen molar-refractivity contribution in [1.29, 1.82) is 0 Å². The van der Waals surface area contributed by atoms with Gasteiger partial charge in [0.25, 0.3) is 5.91 Å². The summed E-state index contributed by atoms with van der Waals surface area (Å²) in [4.78, 5) is 25.7. The third kappa shape index (κ3) is 9.13. The number of alkyl carbamates (subject to hydrolysis) is 1. The van der Waals surface area contributed by atoms with Gasteiger partial charge in [-0.2, -0.15) is 0 Å². The Morgan fingerprint density at radius 1 is 0.641 bits per heavy atom. The van der Waals surface area contributed by atoms with Gasteiger partial charge in [-0.05, 0) is 48.1 Å². The number of aliphatic hydroxyl groups excluding tert-OH is 1. The molecule has 6 nitrogen and oxygen atoms in total. The lowest BCUT2D eigenvalue weighted by Crippen LogP contribution is -2.48. The van der Waals surface area contributed by atoms with Crippen molar-refractivity contribution < 1.29 is 19.4 Å². The fourth-order valence-electron chi connectivity index (χ4n) is 4.47. The van der Waals surface area contributed by atoms with Crippen LogP contribution in [0.3, 0.4) is 0 Å². The Labute approximate surface area is 229 Å². The number of hydrogen-bond donors (Lipinski definition) is 3. The van der Waals surface area contributed by atoms with Gasteiger partial charge < -0.3 is 20.5 Å². The molecule has 4 rings (SSSR count). The van der Waals surface area contributed by atoms with E-state index in [0.717, 1.165) is 16.7 Å². The van der Waals surface area contributed by atoms with Crippen LogP contribution in [-0.2, 0) is 24.2 Å². The minimum Gasteiger partial charge on any atom is -0.445 e. The molecule has 0 unspecified atom stereocenters. The van der Waals surface area contributed by atoms with E-state index in [4.69, 9.17) is 4.74 Å². The molecule has 3 N–H and O–H groups in total. The van der Waals surface area contributed by atoms with Gasteiger partial charge in [0.15, 0.2) is 0 Å². The minimum atomic E-state index is -0.945. The van der Waals surface area contributed by atoms with Crippen molar-refractivity contribution in [1.82, 2.24) is 10.6 Å². The molecule has 4 aromatic carbocycles. The van der Waals surface area contributed by atoms with Crippen molar-refractivity contribution in [2.75, 3.05) is 0 Å². The predicted octanol–water partition coefficient (Wildman–Crippen LogP) is 5.32. The lowest BCUT2D eigenvalue weighted by atomic mass is 9.93. The molecule has 3 atom stereocenters. The number of nitrogens with one attached hydrogen (secondary N) is 2. The molecule has 0 heterocycles. The zero-order valence-electron chi connectivity index (χ0n) is 21.8. The molecule has 0 aliphatic carbocycles. The Bertz CT molecular complexity index is 1280. The van der Waals surface area contributed by atoms with Crippen molar-refractivity contribution in [3.8, 4) is 0 Å². The number of benzene rings is 4. The maximum absolute atomic E-state index is 13.0. The molecule has 2 amide bonds. The molecule has 0 radical (unpaired) electrons. The quantitative estimate of drug-likeness (QED) is 0.235. The van der Waals surface area contributed by atoms with E-state index in [9.17, 15) is 14.7 Å². The summed E-state index contributed by atoms with van der Waals surface area (Å²) in [6.45, 7) is 0.130. The highest BCUT2D eigenvalue weighted by molar-refractivity contribution is 5.94. The fourth-order valence-corrected chi connectivity index (χ4v) is 4.47. The molecule has 0 saturated heterocycles. The van der Waals surface area contributed by atoms with Crippen molar-refractivity contribution >= 4 is 12.0 Å². The van der Waals surface area contributed by atoms with Crippen molar-refractivity contribution in [3.05, 3.63) is 144 Å². The first-order valence-electron chi connectivity index (χ1n) is 13.2. The molecule has 0 saturated carbocycles. The minimum absolute atomic E-state index is 0.130. The second kappa shape index (κ2) is 14.5. The van der Waals surface area contributed by atoms with Crippen LogP contribution in [0.2, 0.25) is 0 Å². The van der Waals surface area contributed by atoms with Crippen molar-refractivity contribution in [2.24, 2.45) is 0 Å². The number of aliphatic hydroxyl groups is 1. The Morgan fingerprint density at radius 2 is 1.13 bits per heavy atom. The average molecular weight is 523 g/mol. The van der Waals surface area contributed by atoms with Gasteiger partial charge in [0.2, 0.25) is 0 Å². The molecular weight excluding hydrogens is 488 g/mol. The van der Waals surface area contributed by atoms with Crippen LogP contribution in [0.4, 0.5) is 4.79 Å². The highest BCUT2D eigenvalue weighted by Gasteiger charge is 2.27. The van der Waals surface area contributed by atoms with Crippen molar-refractivity contribution in [3.63, 3.8) is 0 Å². The van der Waals surface area contributed by atoms with Crippen LogP contribution < -0.4 is 10.6 Å². The van der Waals surface area contributed by atoms with Gasteiger partial charge in [-0.25, -0.2) is 4.79 Å². The third-order valence-corrected chi connectivity index (χ3v) is 6.50. The maximum Gasteiger partial charge on any atom is 0.407 e. The van der Waals surface area contributed by atoms with Crippen LogP contribution in [0.15, 0.2) is 121 Å². The molecule has 0 aromatic heterocycles. The predicted molar refractivity (Wildman–Crippen MR) is 152 cm³/mol. The zero-order valence-corrected chi connectivity index (χ0v) is 21.8. The number of carbonyl (C=O) groups is 2. The molecule has 0 aliphatic heterocycles. The van der Waals surface area contributed by atoms with Crippen molar-refractivity contribution in [2.45, 2.75) is 44.1 Å². The van der Waals surface area contributed by atoms with Gasteiger partial charge in [-0.1, -0.05) is 109 Å². The highest BCUT2D eigenvalue weighted by atomic mass is 16.5. The van der Waals surface area contributed by atoms with Crippen LogP contribution in [0.5, 0.6) is 0 Å². The van der Waals surface area contributed by atoms with E-state index in [0.29, 0.717) is 18.4 Å². The summed E-state index contributed by atoms with van der Waals surface area (Å²) in [5.41, 5.74) is 3.43. The Kier molecular flexibility index (Phi) is 10.3. The maximum atomic E-state index is 13.0. The van der Waals surface area contributed by atoms with Gasteiger partial charge in [0.05, 0.1) is 12.1 Å². The number of amides is 2. The monoisotopic (exact) mass is 522 g/mol. The topological polar surface area (TPSA) is 87.7 Å². The first-order valence-corrected chi connectivity index (χ1v) is 13.2. The number of rotatable bonds is 12. The molecule has 4 aromatic rings. The molecule has 0 spiro atoms. The van der Waals surface area contributed by atoms with E-state index in [-0.39, 0.29) is 25.0 Å². The summed E-state index contributed by atoms with van der Waals surface area (Å²) in [6, 6.07) is 37.0. The van der Waals surface area contributed by atoms with Crippen LogP contribution in [0.25, 0.3) is 0 Å². The summed E-state index contributed by atoms with van der Waals surface area (Å²) in [5.74, 6) is -0.210. The molecule has 6 heteroatoms. The number of ether oxygens (including phenoxy) is 1. The van der Waals surface area contributed by atoms with E-state index in [2.05, 4.69) is 10.6 Å². The zero-order chi connectivity index (χ0) is 27.3. The summed E-state index contributed by atoms with van der Waals surface area (Å²) in [7, 11) is 0. The van der Waals surface area contributed by atoms with E-state index < -0.39 is 18.2 Å². The first kappa shape index (κ1) is 27.6. The molecule has 0 bridgehead atoms. The smallest absolute Gasteiger partial charge is 0.407 e. The lowest BCUT2D eigenvalue weighted by molar-refractivity contribution is 0.0813. The van der Waals surface area contributed by atoms with Crippen LogP contribution in [0.1, 0.15) is 33.5 Å². The highest BCUT2D eigenvalue weighted by Crippen LogP contribution is 2.15. The average Bonchev–Trinajstić information content (AvgIpc) is 2.97. The number of carbonyl (C=O) groups excluding carboxylic acids is 2. The lowest BCUT2D eigenvalue weighted by Gasteiger charge is -2.28. The van der Waals surface area contributed by atoms with Gasteiger partial charge >= 0.3 is 6.09 Å². The van der Waals surface area contributed by atoms with Crippen LogP contribution in [0, 0.1) is 0 Å². The Hall–Kier alpha value is -4.42. The molecule has 200 valence electrons.